The molecule has 5 rings (SSSR count). The van der Waals surface area contributed by atoms with Crippen molar-refractivity contribution < 1.29 is 34.6 Å². The molecule has 79 heavy (non-hydrogen) atoms. The van der Waals surface area contributed by atoms with Crippen LogP contribution in [-0.2, 0) is 16.1 Å². The fourth-order valence-corrected chi connectivity index (χ4v) is 15.8. The van der Waals surface area contributed by atoms with E-state index in [2.05, 4.69) is 31.4 Å². The molecule has 0 saturated heterocycles. The smallest absolute Gasteiger partial charge is 0.480 e. The highest BCUT2D eigenvalue weighted by atomic mass is 16.4. The number of aliphatic hydroxyl groups excluding tert-OH is 1. The van der Waals surface area contributed by atoms with E-state index >= 15 is 0 Å². The predicted octanol–water partition coefficient (Wildman–Crippen LogP) is -7.10. The molecular weight excluding hydrogens is 947 g/mol. The Balaban J connectivity index is 0.000000397. The molecule has 4 saturated carbocycles. The number of aliphatic carboxylic acids is 1. The highest BCUT2D eigenvalue weighted by molar-refractivity contribution is 8.26. The van der Waals surface area contributed by atoms with Crippen molar-refractivity contribution in [2.24, 2.45) is 46.3 Å². The monoisotopic (exact) mass is 1010 g/mol. The maximum absolute atomic E-state index is 13.4. The second-order valence-corrected chi connectivity index (χ2v) is 24.6. The van der Waals surface area contributed by atoms with Crippen LogP contribution in [0.25, 0.3) is 0 Å². The average molecular weight is 1010 g/mol. The van der Waals surface area contributed by atoms with E-state index in [1.165, 1.54) is 58.1 Å². The lowest BCUT2D eigenvalue weighted by Gasteiger charge is -2.61. The molecule has 10 nitrogen and oxygen atoms in total. The Bertz CT molecular complexity index is 2060. The summed E-state index contributed by atoms with van der Waals surface area (Å²) >= 11 is 0. The number of hydrogen-bond donors (Lipinski definition) is 6. The summed E-state index contributed by atoms with van der Waals surface area (Å²) < 4.78 is 0. The van der Waals surface area contributed by atoms with Crippen molar-refractivity contribution in [2.75, 3.05) is 20.6 Å². The number of benzene rings is 1. The second kappa shape index (κ2) is 31.7. The molecule has 0 heterocycles. The Morgan fingerprint density at radius 1 is 0.734 bits per heavy atom. The molecule has 0 bridgehead atoms. The van der Waals surface area contributed by atoms with E-state index in [0.29, 0.717) is 53.4 Å². The Kier molecular flexibility index (Phi) is 28.5. The summed E-state index contributed by atoms with van der Waals surface area (Å²) in [5.41, 5.74) is 1.71. The van der Waals surface area contributed by atoms with Crippen LogP contribution in [0.4, 0.5) is 0 Å². The quantitative estimate of drug-likeness (QED) is 0.0376. The maximum atomic E-state index is 13.4. The van der Waals surface area contributed by atoms with E-state index in [-0.39, 0.29) is 42.0 Å². The van der Waals surface area contributed by atoms with Gasteiger partial charge in [-0.1, -0.05) is 26.8 Å². The topological polar surface area (TPSA) is 159 Å². The number of nitrogens with zero attached hydrogens (tertiary/aromatic N) is 1. The Labute approximate surface area is 502 Å². The summed E-state index contributed by atoms with van der Waals surface area (Å²) in [6, 6.07) is 4.04. The molecule has 0 aromatic heterocycles. The highest BCUT2D eigenvalue weighted by Gasteiger charge is 2.61. The van der Waals surface area contributed by atoms with Crippen molar-refractivity contribution in [1.82, 2.24) is 15.5 Å². The Morgan fingerprint density at radius 2 is 1.28 bits per heavy atom. The SMILES string of the molecule is CNC(CCCNC(=O)c1ccc(CN(C)C(=O)CCC(C)C2CCC3C4CC[C@@H]5C[C@H](O)CC[C@]5(C)C4CC[C@]23C)c(B(O)O)c1)C(=O)O.[B][B]B(B([B])[B])B(B(B([B])[B])B([B])[B])B(B(B([B])[B])B([B])[B])B(B([B])[B])B([B])[B]. The molecule has 0 spiro atoms. The van der Waals surface area contributed by atoms with Crippen LogP contribution in [0.2, 0.25) is 0 Å². The zero-order valence-corrected chi connectivity index (χ0v) is 47.7. The lowest BCUT2D eigenvalue weighted by Crippen LogP contribution is -2.87. The van der Waals surface area contributed by atoms with Crippen LogP contribution in [0.15, 0.2) is 18.2 Å². The number of nitrogens with one attached hydrogen (secondary N) is 2. The lowest BCUT2D eigenvalue weighted by molar-refractivity contribution is -0.139. The number of carboxylic acid groups (broad SMARTS) is 1. The number of carbonyl (C=O) groups is 3. The second-order valence-electron chi connectivity index (χ2n) is 24.6. The minimum Gasteiger partial charge on any atom is -0.480 e. The largest absolute Gasteiger partial charge is 0.488 e. The van der Waals surface area contributed by atoms with Gasteiger partial charge in [0.1, 0.15) is 6.04 Å². The normalized spacial score (nSPS) is 24.3. The molecule has 10 atom stereocenters. The average Bonchev–Trinajstić information content (AvgIpc) is 3.87. The summed E-state index contributed by atoms with van der Waals surface area (Å²) in [6.45, 7) is 7.93. The van der Waals surface area contributed by atoms with Crippen LogP contribution in [0.5, 0.6) is 0 Å². The van der Waals surface area contributed by atoms with Crippen molar-refractivity contribution in [2.45, 2.75) is 123 Å². The summed E-state index contributed by atoms with van der Waals surface area (Å²) in [4.78, 5) is 39.0. The van der Waals surface area contributed by atoms with Gasteiger partial charge in [0.15, 0.2) is 0 Å². The highest BCUT2D eigenvalue weighted by Crippen LogP contribution is 2.68. The van der Waals surface area contributed by atoms with Gasteiger partial charge in [-0.15, -0.1) is 0 Å². The van der Waals surface area contributed by atoms with E-state index in [1.54, 1.807) is 31.1 Å². The zero-order chi connectivity index (χ0) is 59.6. The van der Waals surface area contributed by atoms with Crippen molar-refractivity contribution >= 4 is 236 Å². The molecule has 2 amide bonds. The minimum atomic E-state index is -1.80. The van der Waals surface area contributed by atoms with Crippen LogP contribution in [0, 0.1) is 46.3 Å². The first-order valence-electron chi connectivity index (χ1n) is 28.6. The number of aliphatic hydroxyl groups is 1. The Morgan fingerprint density at radius 3 is 1.78 bits per heavy atom. The molecule has 4 aliphatic rings. The molecule has 6 N–H and O–H groups in total. The summed E-state index contributed by atoms with van der Waals surface area (Å²) in [5.74, 6) is 2.74. The van der Waals surface area contributed by atoms with Gasteiger partial charge in [-0.2, -0.15) is 0 Å². The van der Waals surface area contributed by atoms with Gasteiger partial charge in [0.05, 0.1) is 6.10 Å². The standard InChI is InChI=1S/C39H62BN3O7.B29/c1-24(30-13-14-31-29-12-11-27-22-28(44)16-18-38(27,2)32(29)17-19-39(30,31)3)8-15-35(45)43(5)23-26-10-9-25(21-33(26)40(49)50)36(46)42-20-6-7-34(41-4)37(47)48;1-16-24(17(2)3)28(25(18(4)5)19(6)7)29(26(20(8)9)21(10)11)27(22(12)13)23(14)15/h9-10,21,24,27-32,34,41,44,49-50H,6-8,11-20,22-23H2,1-5H3,(H,42,46)(H,47,48);/t24?,27-,28-,29?,30?,31?,32?,34?,38+,39-;/m1./s1. The third-order valence-corrected chi connectivity index (χ3v) is 19.9. The number of hydrogen-bond acceptors (Lipinski definition) is 7. The molecule has 31 radical (unpaired) electrons. The molecule has 4 aliphatic carbocycles. The van der Waals surface area contributed by atoms with Crippen molar-refractivity contribution in [1.29, 1.82) is 0 Å². The van der Waals surface area contributed by atoms with E-state index in [1.807, 2.05) is 0 Å². The zero-order valence-electron chi connectivity index (χ0n) is 47.7. The third-order valence-electron chi connectivity index (χ3n) is 19.9. The molecule has 1 aromatic carbocycles. The van der Waals surface area contributed by atoms with E-state index in [4.69, 9.17) is 121 Å². The number of rotatable bonds is 27. The van der Waals surface area contributed by atoms with Gasteiger partial charge in [-0.3, -0.25) is 14.4 Å². The fourth-order valence-electron chi connectivity index (χ4n) is 15.8. The van der Waals surface area contributed by atoms with Gasteiger partial charge in [-0.25, -0.2) is 0 Å². The summed E-state index contributed by atoms with van der Waals surface area (Å²) in [7, 11) is 92.7. The van der Waals surface area contributed by atoms with Crippen molar-refractivity contribution in [3.05, 3.63) is 29.3 Å². The van der Waals surface area contributed by atoms with E-state index < -0.39 is 102 Å². The van der Waals surface area contributed by atoms with Gasteiger partial charge in [0, 0.05) is 238 Å². The van der Waals surface area contributed by atoms with E-state index in [9.17, 15) is 29.5 Å². The summed E-state index contributed by atoms with van der Waals surface area (Å²) in [5, 5.41) is 45.3. The lowest BCUT2D eigenvalue weighted by atomic mass is 8.32. The van der Waals surface area contributed by atoms with E-state index in [0.717, 1.165) is 37.0 Å². The molecular formula is C39H62B30N3O7. The van der Waals surface area contributed by atoms with Crippen LogP contribution in [0.1, 0.15) is 120 Å². The van der Waals surface area contributed by atoms with Gasteiger partial charge in [0.25, 0.3) is 5.91 Å². The number of likely N-dealkylation sites (N-methyl/N-ethyl adjacent to an activating group) is 1. The molecule has 365 valence electrons. The van der Waals surface area contributed by atoms with Gasteiger partial charge in [-0.05, 0) is 154 Å². The molecule has 6 unspecified atom stereocenters. The van der Waals surface area contributed by atoms with Crippen LogP contribution in [-0.4, -0.2) is 289 Å². The van der Waals surface area contributed by atoms with Crippen molar-refractivity contribution in [3.63, 3.8) is 0 Å². The number of fused-ring (bicyclic) bond motifs is 5. The van der Waals surface area contributed by atoms with Crippen LogP contribution in [0.3, 0.4) is 0 Å². The first-order valence-corrected chi connectivity index (χ1v) is 28.6. The molecule has 0 aliphatic heterocycles. The number of carboxylic acids is 1. The number of carbonyl (C=O) groups excluding carboxylic acids is 2. The molecule has 40 heteroatoms. The van der Waals surface area contributed by atoms with Crippen LogP contribution >= 0.6 is 0 Å². The molecule has 4 fully saturated rings. The van der Waals surface area contributed by atoms with Crippen LogP contribution < -0.4 is 16.1 Å². The maximum Gasteiger partial charge on any atom is 0.488 e. The Hall–Kier alpha value is -0.582. The first kappa shape index (κ1) is 70.9. The van der Waals surface area contributed by atoms with Gasteiger partial charge >= 0.3 is 13.1 Å². The van der Waals surface area contributed by atoms with Gasteiger partial charge in [0.2, 0.25) is 5.91 Å². The third kappa shape index (κ3) is 17.5. The molecule has 1 aromatic rings. The summed E-state index contributed by atoms with van der Waals surface area (Å²) in [6.07, 6.45) is 0.934. The predicted molar refractivity (Wildman–Crippen MR) is 361 cm³/mol. The number of amides is 2. The van der Waals surface area contributed by atoms with Crippen molar-refractivity contribution in [3.8, 4) is 0 Å². The first-order chi connectivity index (χ1) is 36.9. The van der Waals surface area contributed by atoms with Gasteiger partial charge < -0.3 is 35.8 Å². The minimum absolute atomic E-state index is 0.0208. The fraction of sp³-hybridized carbons (Fsp3) is 0.769.